The maximum Gasteiger partial charge on any atom is 0.271 e. The Balaban J connectivity index is 1.43. The molecule has 0 spiro atoms. The van der Waals surface area contributed by atoms with E-state index in [2.05, 4.69) is 15.7 Å². The SMILES string of the molecule is O=C(CCNC(=O)c1ccc(=O)n(CCOc2ccccc2)n1)NCc1ccccc1. The Labute approximate surface area is 179 Å². The summed E-state index contributed by atoms with van der Waals surface area (Å²) in [6, 6.07) is 21.4. The third kappa shape index (κ3) is 7.11. The van der Waals surface area contributed by atoms with Crippen LogP contribution in [0.5, 0.6) is 5.75 Å². The highest BCUT2D eigenvalue weighted by Gasteiger charge is 2.10. The number of carbonyl (C=O) groups is 2. The molecular formula is C23H24N4O4. The van der Waals surface area contributed by atoms with Gasteiger partial charge in [-0.3, -0.25) is 14.4 Å². The van der Waals surface area contributed by atoms with E-state index in [1.165, 1.54) is 16.8 Å². The molecule has 160 valence electrons. The molecule has 2 aromatic carbocycles. The molecule has 1 aromatic heterocycles. The lowest BCUT2D eigenvalue weighted by Gasteiger charge is -2.09. The lowest BCUT2D eigenvalue weighted by atomic mass is 10.2. The minimum Gasteiger partial charge on any atom is -0.492 e. The molecule has 3 rings (SSSR count). The Morgan fingerprint density at radius 1 is 0.903 bits per heavy atom. The van der Waals surface area contributed by atoms with Crippen molar-refractivity contribution in [1.82, 2.24) is 20.4 Å². The first-order chi connectivity index (χ1) is 15.1. The van der Waals surface area contributed by atoms with Gasteiger partial charge in [-0.25, -0.2) is 4.68 Å². The summed E-state index contributed by atoms with van der Waals surface area (Å²) >= 11 is 0. The van der Waals surface area contributed by atoms with Crippen molar-refractivity contribution in [2.24, 2.45) is 0 Å². The monoisotopic (exact) mass is 420 g/mol. The van der Waals surface area contributed by atoms with Crippen molar-refractivity contribution in [2.75, 3.05) is 13.2 Å². The van der Waals surface area contributed by atoms with E-state index >= 15 is 0 Å². The van der Waals surface area contributed by atoms with Crippen LogP contribution in [0, 0.1) is 0 Å². The van der Waals surface area contributed by atoms with Crippen LogP contribution in [-0.4, -0.2) is 34.7 Å². The summed E-state index contributed by atoms with van der Waals surface area (Å²) in [5, 5.41) is 9.54. The number of rotatable bonds is 10. The molecule has 0 aliphatic carbocycles. The molecule has 0 unspecified atom stereocenters. The van der Waals surface area contributed by atoms with Gasteiger partial charge >= 0.3 is 0 Å². The van der Waals surface area contributed by atoms with E-state index in [0.717, 1.165) is 5.56 Å². The van der Waals surface area contributed by atoms with Crippen molar-refractivity contribution >= 4 is 11.8 Å². The molecular weight excluding hydrogens is 396 g/mol. The first-order valence-electron chi connectivity index (χ1n) is 9.96. The molecule has 0 saturated heterocycles. The zero-order valence-corrected chi connectivity index (χ0v) is 17.0. The predicted octanol–water partition coefficient (Wildman–Crippen LogP) is 1.76. The van der Waals surface area contributed by atoms with Gasteiger partial charge in [0.05, 0.1) is 6.54 Å². The molecule has 31 heavy (non-hydrogen) atoms. The maximum atomic E-state index is 12.3. The van der Waals surface area contributed by atoms with Gasteiger partial charge in [-0.2, -0.15) is 5.10 Å². The Morgan fingerprint density at radius 2 is 1.61 bits per heavy atom. The van der Waals surface area contributed by atoms with Crippen molar-refractivity contribution in [3.63, 3.8) is 0 Å². The van der Waals surface area contributed by atoms with Crippen LogP contribution in [0.2, 0.25) is 0 Å². The van der Waals surface area contributed by atoms with Crippen LogP contribution in [0.3, 0.4) is 0 Å². The molecule has 0 fully saturated rings. The van der Waals surface area contributed by atoms with Gasteiger partial charge in [0.2, 0.25) is 5.91 Å². The molecule has 3 aromatic rings. The molecule has 1 heterocycles. The minimum absolute atomic E-state index is 0.101. The second-order valence-corrected chi connectivity index (χ2v) is 6.71. The number of hydrogen-bond donors (Lipinski definition) is 2. The fraction of sp³-hybridized carbons (Fsp3) is 0.217. The standard InChI is InChI=1S/C23H24N4O4/c28-21(25-17-18-7-3-1-4-8-18)13-14-24-23(30)20-11-12-22(29)27(26-20)15-16-31-19-9-5-2-6-10-19/h1-12H,13-17H2,(H,24,30)(H,25,28). The van der Waals surface area contributed by atoms with Crippen molar-refractivity contribution in [2.45, 2.75) is 19.5 Å². The predicted molar refractivity (Wildman–Crippen MR) is 116 cm³/mol. The number of ether oxygens (including phenoxy) is 1. The second kappa shape index (κ2) is 11.3. The third-order valence-corrected chi connectivity index (χ3v) is 4.38. The van der Waals surface area contributed by atoms with E-state index in [-0.39, 0.29) is 43.3 Å². The van der Waals surface area contributed by atoms with Crippen molar-refractivity contribution in [1.29, 1.82) is 0 Å². The number of aromatic nitrogens is 2. The molecule has 0 saturated carbocycles. The minimum atomic E-state index is -0.450. The van der Waals surface area contributed by atoms with E-state index in [1.807, 2.05) is 60.7 Å². The largest absolute Gasteiger partial charge is 0.492 e. The topological polar surface area (TPSA) is 102 Å². The summed E-state index contributed by atoms with van der Waals surface area (Å²) in [6.45, 7) is 1.04. The van der Waals surface area contributed by atoms with Crippen LogP contribution in [0.25, 0.3) is 0 Å². The lowest BCUT2D eigenvalue weighted by Crippen LogP contribution is -2.33. The van der Waals surface area contributed by atoms with Crippen LogP contribution < -0.4 is 20.9 Å². The van der Waals surface area contributed by atoms with Crippen LogP contribution in [0.1, 0.15) is 22.5 Å². The summed E-state index contributed by atoms with van der Waals surface area (Å²) in [5.74, 6) is 0.0729. The number of nitrogens with zero attached hydrogens (tertiary/aromatic N) is 2. The highest BCUT2D eigenvalue weighted by molar-refractivity contribution is 5.92. The average Bonchev–Trinajstić information content (AvgIpc) is 2.80. The smallest absolute Gasteiger partial charge is 0.271 e. The molecule has 0 aliphatic rings. The van der Waals surface area contributed by atoms with Gasteiger partial charge in [0.15, 0.2) is 0 Å². The number of amides is 2. The number of carbonyl (C=O) groups excluding carboxylic acids is 2. The van der Waals surface area contributed by atoms with Gasteiger partial charge in [-0.15, -0.1) is 0 Å². The zero-order valence-electron chi connectivity index (χ0n) is 17.0. The molecule has 0 radical (unpaired) electrons. The highest BCUT2D eigenvalue weighted by Crippen LogP contribution is 2.07. The first kappa shape index (κ1) is 21.8. The van der Waals surface area contributed by atoms with Crippen LogP contribution in [-0.2, 0) is 17.9 Å². The molecule has 2 amide bonds. The Morgan fingerprint density at radius 3 is 2.35 bits per heavy atom. The summed E-state index contributed by atoms with van der Waals surface area (Å²) in [5.41, 5.74) is 0.778. The molecule has 0 atom stereocenters. The Kier molecular flexibility index (Phi) is 7.93. The van der Waals surface area contributed by atoms with E-state index in [0.29, 0.717) is 12.3 Å². The normalized spacial score (nSPS) is 10.3. The number of benzene rings is 2. The third-order valence-electron chi connectivity index (χ3n) is 4.38. The van der Waals surface area contributed by atoms with Crippen LogP contribution in [0.15, 0.2) is 77.6 Å². The summed E-state index contributed by atoms with van der Waals surface area (Å²) in [4.78, 5) is 36.2. The average molecular weight is 420 g/mol. The van der Waals surface area contributed by atoms with Crippen molar-refractivity contribution in [3.05, 3.63) is 94.4 Å². The second-order valence-electron chi connectivity index (χ2n) is 6.71. The summed E-state index contributed by atoms with van der Waals surface area (Å²) < 4.78 is 6.75. The van der Waals surface area contributed by atoms with E-state index in [1.54, 1.807) is 0 Å². The molecule has 0 bridgehead atoms. The first-order valence-corrected chi connectivity index (χ1v) is 9.96. The van der Waals surface area contributed by atoms with Crippen molar-refractivity contribution in [3.8, 4) is 5.75 Å². The van der Waals surface area contributed by atoms with Gasteiger partial charge in [-0.1, -0.05) is 48.5 Å². The maximum absolute atomic E-state index is 12.3. The van der Waals surface area contributed by atoms with Gasteiger partial charge in [0.25, 0.3) is 11.5 Å². The summed E-state index contributed by atoms with van der Waals surface area (Å²) in [6.07, 6.45) is 0.142. The molecule has 2 N–H and O–H groups in total. The fourth-order valence-corrected chi connectivity index (χ4v) is 2.76. The fourth-order valence-electron chi connectivity index (χ4n) is 2.76. The Hall–Kier alpha value is -3.94. The van der Waals surface area contributed by atoms with E-state index in [4.69, 9.17) is 4.74 Å². The van der Waals surface area contributed by atoms with Crippen molar-refractivity contribution < 1.29 is 14.3 Å². The van der Waals surface area contributed by atoms with Gasteiger partial charge < -0.3 is 15.4 Å². The van der Waals surface area contributed by atoms with Crippen LogP contribution >= 0.6 is 0 Å². The molecule has 8 heteroatoms. The van der Waals surface area contributed by atoms with Crippen LogP contribution in [0.4, 0.5) is 0 Å². The number of para-hydroxylation sites is 1. The van der Waals surface area contributed by atoms with Gasteiger partial charge in [0, 0.05) is 25.6 Å². The lowest BCUT2D eigenvalue weighted by molar-refractivity contribution is -0.121. The molecule has 0 aliphatic heterocycles. The van der Waals surface area contributed by atoms with Gasteiger partial charge in [-0.05, 0) is 23.8 Å². The number of hydrogen-bond acceptors (Lipinski definition) is 5. The van der Waals surface area contributed by atoms with Gasteiger partial charge in [0.1, 0.15) is 18.1 Å². The molecule has 8 nitrogen and oxygen atoms in total. The zero-order chi connectivity index (χ0) is 21.9. The van der Waals surface area contributed by atoms with E-state index in [9.17, 15) is 14.4 Å². The van der Waals surface area contributed by atoms with E-state index < -0.39 is 5.91 Å². The highest BCUT2D eigenvalue weighted by atomic mass is 16.5. The quantitative estimate of drug-likeness (QED) is 0.520. The summed E-state index contributed by atoms with van der Waals surface area (Å²) in [7, 11) is 0. The Bertz CT molecular complexity index is 1050. The number of nitrogens with one attached hydrogen (secondary N) is 2.